The van der Waals surface area contributed by atoms with E-state index >= 15 is 0 Å². The van der Waals surface area contributed by atoms with Crippen molar-refractivity contribution in [3.8, 4) is 0 Å². The summed E-state index contributed by atoms with van der Waals surface area (Å²) in [6.45, 7) is 6.78. The lowest BCUT2D eigenvalue weighted by Gasteiger charge is -2.39. The van der Waals surface area contributed by atoms with Crippen LogP contribution < -0.4 is 0 Å². The summed E-state index contributed by atoms with van der Waals surface area (Å²) in [4.78, 5) is 2.51. The molecule has 19 heavy (non-hydrogen) atoms. The third-order valence-electron chi connectivity index (χ3n) is 4.62. The quantitative estimate of drug-likeness (QED) is 0.698. The van der Waals surface area contributed by atoms with Crippen LogP contribution in [0.5, 0.6) is 0 Å². The maximum absolute atomic E-state index is 2.51. The van der Waals surface area contributed by atoms with Gasteiger partial charge < -0.3 is 4.57 Å². The minimum absolute atomic E-state index is 0.543. The third-order valence-corrected chi connectivity index (χ3v) is 4.62. The molecule has 0 amide bonds. The van der Waals surface area contributed by atoms with E-state index in [0.29, 0.717) is 12.0 Å². The molecule has 0 fully saturated rings. The number of hydrogen-bond acceptors (Lipinski definition) is 1. The highest BCUT2D eigenvalue weighted by atomic mass is 15.2. The average molecular weight is 252 g/mol. The van der Waals surface area contributed by atoms with Crippen molar-refractivity contribution < 1.29 is 0 Å². The summed E-state index contributed by atoms with van der Waals surface area (Å²) in [6, 6.07) is 7.46. The molecule has 2 heteroatoms. The van der Waals surface area contributed by atoms with E-state index in [9.17, 15) is 0 Å². The molecule has 0 aliphatic carbocycles. The first-order valence-electron chi connectivity index (χ1n) is 7.15. The van der Waals surface area contributed by atoms with Crippen molar-refractivity contribution in [2.75, 3.05) is 13.6 Å². The van der Waals surface area contributed by atoms with Gasteiger partial charge in [0.05, 0.1) is 11.6 Å². The molecule has 0 unspecified atom stereocenters. The molecular weight excluding hydrogens is 232 g/mol. The number of fused-ring (bicyclic) bond motifs is 2. The molecule has 2 aliphatic heterocycles. The van der Waals surface area contributed by atoms with Crippen LogP contribution in [0.25, 0.3) is 16.5 Å². The molecule has 0 bridgehead atoms. The predicted octanol–water partition coefficient (Wildman–Crippen LogP) is 3.30. The molecule has 2 aliphatic rings. The maximum Gasteiger partial charge on any atom is 0.0558 e. The molecule has 0 radical (unpaired) electrons. The van der Waals surface area contributed by atoms with E-state index in [-0.39, 0.29) is 0 Å². The van der Waals surface area contributed by atoms with Crippen molar-refractivity contribution in [3.63, 3.8) is 0 Å². The van der Waals surface area contributed by atoms with Gasteiger partial charge in [0, 0.05) is 30.2 Å². The van der Waals surface area contributed by atoms with E-state index in [4.69, 9.17) is 0 Å². The first-order chi connectivity index (χ1) is 9.13. The molecule has 4 rings (SSSR count). The normalized spacial score (nSPS) is 26.4. The van der Waals surface area contributed by atoms with Gasteiger partial charge in [0.2, 0.25) is 0 Å². The van der Waals surface area contributed by atoms with Crippen LogP contribution in [0, 0.1) is 12.8 Å². The van der Waals surface area contributed by atoms with Gasteiger partial charge in [-0.1, -0.05) is 13.0 Å². The molecule has 1 aromatic heterocycles. The van der Waals surface area contributed by atoms with E-state index in [2.05, 4.69) is 60.8 Å². The Labute approximate surface area is 114 Å². The average Bonchev–Trinajstić information content (AvgIpc) is 2.74. The van der Waals surface area contributed by atoms with Crippen LogP contribution in [0.1, 0.15) is 18.1 Å². The van der Waals surface area contributed by atoms with Gasteiger partial charge in [0.1, 0.15) is 0 Å². The molecule has 98 valence electrons. The number of aromatic nitrogens is 1. The summed E-state index contributed by atoms with van der Waals surface area (Å²) in [6.07, 6.45) is 4.74. The minimum atomic E-state index is 0.543. The molecule has 2 atom stereocenters. The lowest BCUT2D eigenvalue weighted by atomic mass is 9.86. The van der Waals surface area contributed by atoms with Crippen molar-refractivity contribution in [1.82, 2.24) is 9.47 Å². The van der Waals surface area contributed by atoms with Crippen molar-refractivity contribution in [1.29, 1.82) is 0 Å². The minimum Gasteiger partial charge on any atom is -0.345 e. The van der Waals surface area contributed by atoms with Crippen LogP contribution in [0.2, 0.25) is 0 Å². The Morgan fingerprint density at radius 2 is 2.05 bits per heavy atom. The molecule has 1 aromatic carbocycles. The van der Waals surface area contributed by atoms with Gasteiger partial charge in [-0.05, 0) is 49.2 Å². The SMILES string of the molecule is Cc1cc2c3c(ccn3C[C@H]3C2=C[C@H](C)CN3C)c1. The Kier molecular flexibility index (Phi) is 2.22. The number of likely N-dealkylation sites (N-methyl/N-ethyl adjacent to an activating group) is 1. The van der Waals surface area contributed by atoms with Crippen LogP contribution in [0.4, 0.5) is 0 Å². The highest BCUT2D eigenvalue weighted by Crippen LogP contribution is 2.38. The smallest absolute Gasteiger partial charge is 0.0558 e. The van der Waals surface area contributed by atoms with Crippen molar-refractivity contribution >= 4 is 16.5 Å². The van der Waals surface area contributed by atoms with E-state index in [1.165, 1.54) is 28.6 Å². The van der Waals surface area contributed by atoms with Crippen LogP contribution in [0.15, 0.2) is 30.5 Å². The van der Waals surface area contributed by atoms with Crippen LogP contribution in [-0.2, 0) is 6.54 Å². The van der Waals surface area contributed by atoms with Gasteiger partial charge in [-0.3, -0.25) is 4.90 Å². The zero-order valence-corrected chi connectivity index (χ0v) is 11.9. The number of benzene rings is 1. The zero-order valence-electron chi connectivity index (χ0n) is 11.9. The number of rotatable bonds is 0. The van der Waals surface area contributed by atoms with Crippen molar-refractivity contribution in [2.45, 2.75) is 26.4 Å². The van der Waals surface area contributed by atoms with E-state index in [1.807, 2.05) is 0 Å². The van der Waals surface area contributed by atoms with E-state index < -0.39 is 0 Å². The fourth-order valence-corrected chi connectivity index (χ4v) is 3.85. The van der Waals surface area contributed by atoms with Crippen LogP contribution in [-0.4, -0.2) is 29.1 Å². The van der Waals surface area contributed by atoms with Gasteiger partial charge in [-0.25, -0.2) is 0 Å². The maximum atomic E-state index is 2.51. The highest BCUT2D eigenvalue weighted by Gasteiger charge is 2.31. The largest absolute Gasteiger partial charge is 0.345 e. The second-order valence-corrected chi connectivity index (χ2v) is 6.27. The molecule has 2 nitrogen and oxygen atoms in total. The third kappa shape index (κ3) is 1.53. The number of hydrogen-bond donors (Lipinski definition) is 0. The molecule has 3 heterocycles. The zero-order chi connectivity index (χ0) is 13.1. The van der Waals surface area contributed by atoms with Gasteiger partial charge in [-0.15, -0.1) is 0 Å². The van der Waals surface area contributed by atoms with Crippen molar-refractivity contribution in [3.05, 3.63) is 41.6 Å². The lowest BCUT2D eigenvalue weighted by molar-refractivity contribution is 0.234. The van der Waals surface area contributed by atoms with E-state index in [0.717, 1.165) is 6.54 Å². The van der Waals surface area contributed by atoms with E-state index in [1.54, 1.807) is 5.57 Å². The summed E-state index contributed by atoms with van der Waals surface area (Å²) in [5.74, 6) is 0.647. The second kappa shape index (κ2) is 3.73. The molecular formula is C17H20N2. The lowest BCUT2D eigenvalue weighted by Crippen LogP contribution is -2.43. The summed E-state index contributed by atoms with van der Waals surface area (Å²) in [5.41, 5.74) is 5.79. The van der Waals surface area contributed by atoms with Gasteiger partial charge in [-0.2, -0.15) is 0 Å². The topological polar surface area (TPSA) is 8.17 Å². The van der Waals surface area contributed by atoms with Gasteiger partial charge in [0.15, 0.2) is 0 Å². The Balaban J connectivity index is 2.04. The fraction of sp³-hybridized carbons (Fsp3) is 0.412. The Morgan fingerprint density at radius 3 is 2.89 bits per heavy atom. The molecule has 0 saturated carbocycles. The first-order valence-corrected chi connectivity index (χ1v) is 7.15. The summed E-state index contributed by atoms with van der Waals surface area (Å²) in [5, 5.41) is 1.38. The molecule has 0 N–H and O–H groups in total. The van der Waals surface area contributed by atoms with Crippen molar-refractivity contribution in [2.24, 2.45) is 5.92 Å². The summed E-state index contributed by atoms with van der Waals surface area (Å²) < 4.78 is 2.43. The Bertz CT molecular complexity index is 693. The molecule has 0 spiro atoms. The predicted molar refractivity (Wildman–Crippen MR) is 80.2 cm³/mol. The first kappa shape index (κ1) is 11.3. The second-order valence-electron chi connectivity index (χ2n) is 6.27. The molecule has 0 saturated heterocycles. The molecule has 2 aromatic rings. The summed E-state index contributed by atoms with van der Waals surface area (Å²) >= 11 is 0. The van der Waals surface area contributed by atoms with Gasteiger partial charge >= 0.3 is 0 Å². The van der Waals surface area contributed by atoms with Crippen LogP contribution >= 0.6 is 0 Å². The number of nitrogens with zero attached hydrogens (tertiary/aromatic N) is 2. The summed E-state index contributed by atoms with van der Waals surface area (Å²) in [7, 11) is 2.26. The standard InChI is InChI=1S/C17H20N2/c1-11-6-13-4-5-19-10-16-14(15(7-11)17(13)19)8-12(2)9-18(16)3/h4-8,12,16H,9-10H2,1-3H3/t12-,16-/m0/s1. The Morgan fingerprint density at radius 1 is 1.21 bits per heavy atom. The monoisotopic (exact) mass is 252 g/mol. The van der Waals surface area contributed by atoms with Gasteiger partial charge in [0.25, 0.3) is 0 Å². The number of aryl methyl sites for hydroxylation is 1. The fourth-order valence-electron chi connectivity index (χ4n) is 3.85. The van der Waals surface area contributed by atoms with Crippen LogP contribution in [0.3, 0.4) is 0 Å². The Hall–Kier alpha value is -1.54. The highest BCUT2D eigenvalue weighted by molar-refractivity contribution is 5.95.